The van der Waals surface area contributed by atoms with E-state index in [1.807, 2.05) is 0 Å². The summed E-state index contributed by atoms with van der Waals surface area (Å²) in [4.78, 5) is 0. The van der Waals surface area contributed by atoms with Gasteiger partial charge in [0.15, 0.2) is 0 Å². The predicted molar refractivity (Wildman–Crippen MR) is 180 cm³/mol. The minimum Gasteiger partial charge on any atom is -1.00 e. The summed E-state index contributed by atoms with van der Waals surface area (Å²) in [6.45, 7) is 4.61. The number of hydrogen-bond acceptors (Lipinski definition) is 0. The molecule has 0 saturated heterocycles. The van der Waals surface area contributed by atoms with E-state index in [4.69, 9.17) is 0 Å². The molecule has 2 heteroatoms. The van der Waals surface area contributed by atoms with Crippen LogP contribution in [0, 0.1) is 0 Å². The number of allylic oxidation sites excluding steroid dienone is 2. The fourth-order valence-electron chi connectivity index (χ4n) is 5.66. The summed E-state index contributed by atoms with van der Waals surface area (Å²) in [5.41, 5.74) is 0. The van der Waals surface area contributed by atoms with Gasteiger partial charge >= 0.3 is 0 Å². The molecular weight excluding hydrogens is 506 g/mol. The molecule has 0 aliphatic heterocycles. The summed E-state index contributed by atoms with van der Waals surface area (Å²) in [6.07, 6.45) is 52.4. The summed E-state index contributed by atoms with van der Waals surface area (Å²) in [5, 5.41) is 0. The zero-order chi connectivity index (χ0) is 28.5. The van der Waals surface area contributed by atoms with E-state index in [0.717, 1.165) is 4.48 Å². The standard InChI is InChI=1S/C38H76N.ClH/c1-5-7-9-11-13-15-17-19-21-23-25-27-29-31-33-35-37-39(3,4)38-36-34-32-30-28-26-24-22-20-18-16-14-12-10-8-6-2;/h35-38H,5-34H2,1-4H3;1H/q+1;/p-1/b37-35+,38-36+;. The molecule has 0 rings (SSSR count). The second-order valence-electron chi connectivity index (χ2n) is 13.2. The van der Waals surface area contributed by atoms with Gasteiger partial charge in [0.1, 0.15) is 0 Å². The maximum absolute atomic E-state index is 2.41. The Morgan fingerprint density at radius 1 is 0.325 bits per heavy atom. The Morgan fingerprint density at radius 3 is 0.750 bits per heavy atom. The second-order valence-corrected chi connectivity index (χ2v) is 13.2. The molecule has 0 amide bonds. The lowest BCUT2D eigenvalue weighted by Crippen LogP contribution is -3.00. The average Bonchev–Trinajstić information content (AvgIpc) is 2.92. The van der Waals surface area contributed by atoms with Crippen LogP contribution in [0.4, 0.5) is 0 Å². The molecule has 0 bridgehead atoms. The van der Waals surface area contributed by atoms with Crippen molar-refractivity contribution < 1.29 is 16.9 Å². The van der Waals surface area contributed by atoms with Gasteiger partial charge in [0.05, 0.1) is 26.5 Å². The third-order valence-corrected chi connectivity index (χ3v) is 8.43. The first-order valence-corrected chi connectivity index (χ1v) is 18.3. The van der Waals surface area contributed by atoms with Gasteiger partial charge in [0.2, 0.25) is 0 Å². The summed E-state index contributed by atoms with van der Waals surface area (Å²) >= 11 is 0. The van der Waals surface area contributed by atoms with E-state index in [1.54, 1.807) is 0 Å². The molecule has 0 N–H and O–H groups in total. The first kappa shape index (κ1) is 41.9. The van der Waals surface area contributed by atoms with Gasteiger partial charge in [0, 0.05) is 0 Å². The first-order valence-electron chi connectivity index (χ1n) is 18.3. The van der Waals surface area contributed by atoms with E-state index in [1.165, 1.54) is 193 Å². The van der Waals surface area contributed by atoms with Crippen molar-refractivity contribution in [2.45, 2.75) is 206 Å². The Hall–Kier alpha value is -0.270. The van der Waals surface area contributed by atoms with Crippen molar-refractivity contribution in [2.24, 2.45) is 0 Å². The lowest BCUT2D eigenvalue weighted by atomic mass is 10.0. The molecule has 0 aliphatic rings. The number of hydrogen-bond donors (Lipinski definition) is 0. The van der Waals surface area contributed by atoms with E-state index in [9.17, 15) is 0 Å². The van der Waals surface area contributed by atoms with E-state index in [2.05, 4.69) is 52.5 Å². The highest BCUT2D eigenvalue weighted by Crippen LogP contribution is 2.15. The first-order chi connectivity index (χ1) is 19.1. The molecule has 0 heterocycles. The fourth-order valence-corrected chi connectivity index (χ4v) is 5.66. The van der Waals surface area contributed by atoms with Crippen molar-refractivity contribution in [2.75, 3.05) is 14.1 Å². The highest BCUT2D eigenvalue weighted by Gasteiger charge is 2.05. The molecule has 1 nitrogen and oxygen atoms in total. The van der Waals surface area contributed by atoms with E-state index in [-0.39, 0.29) is 12.4 Å². The van der Waals surface area contributed by atoms with Crippen LogP contribution in [0.3, 0.4) is 0 Å². The van der Waals surface area contributed by atoms with Gasteiger partial charge in [-0.15, -0.1) is 0 Å². The summed E-state index contributed by atoms with van der Waals surface area (Å²) in [7, 11) is 4.59. The molecule has 0 unspecified atom stereocenters. The molecule has 0 aliphatic carbocycles. The van der Waals surface area contributed by atoms with Crippen LogP contribution in [-0.4, -0.2) is 18.6 Å². The van der Waals surface area contributed by atoms with Gasteiger partial charge in [-0.1, -0.05) is 181 Å². The quantitative estimate of drug-likeness (QED) is 0.0547. The van der Waals surface area contributed by atoms with Gasteiger partial charge in [-0.05, 0) is 37.8 Å². The molecule has 0 saturated carbocycles. The van der Waals surface area contributed by atoms with Crippen LogP contribution >= 0.6 is 0 Å². The Bertz CT molecular complexity index is 466. The zero-order valence-electron chi connectivity index (χ0n) is 28.3. The SMILES string of the molecule is CCCCCCCCCCCCCCCC/C=C/[N+](C)(C)/C=C/CCCCCCCCCCCCCCCC.[Cl-]. The minimum absolute atomic E-state index is 0. The number of quaternary nitrogens is 1. The van der Waals surface area contributed by atoms with Gasteiger partial charge < -0.3 is 12.4 Å². The van der Waals surface area contributed by atoms with E-state index in [0.29, 0.717) is 0 Å². The van der Waals surface area contributed by atoms with Crippen LogP contribution in [0.25, 0.3) is 0 Å². The molecule has 0 aromatic heterocycles. The van der Waals surface area contributed by atoms with Crippen molar-refractivity contribution in [1.82, 2.24) is 0 Å². The Balaban J connectivity index is 0. The monoisotopic (exact) mass is 582 g/mol. The predicted octanol–water partition coefficient (Wildman–Crippen LogP) is 10.8. The Morgan fingerprint density at radius 2 is 0.525 bits per heavy atom. The summed E-state index contributed by atoms with van der Waals surface area (Å²) in [6, 6.07) is 0. The normalized spacial score (nSPS) is 12.1. The van der Waals surface area contributed by atoms with Crippen molar-refractivity contribution in [3.63, 3.8) is 0 Å². The summed E-state index contributed by atoms with van der Waals surface area (Å²) in [5.74, 6) is 0. The van der Waals surface area contributed by atoms with Crippen LogP contribution < -0.4 is 12.4 Å². The summed E-state index contributed by atoms with van der Waals surface area (Å²) < 4.78 is 0.886. The topological polar surface area (TPSA) is 0 Å². The molecule has 240 valence electrons. The van der Waals surface area contributed by atoms with E-state index >= 15 is 0 Å². The number of rotatable bonds is 32. The fraction of sp³-hybridized carbons (Fsp3) is 0.895. The van der Waals surface area contributed by atoms with Gasteiger partial charge in [0.25, 0.3) is 0 Å². The second kappa shape index (κ2) is 34.9. The lowest BCUT2D eigenvalue weighted by Gasteiger charge is -2.19. The largest absolute Gasteiger partial charge is 1.00 e. The highest BCUT2D eigenvalue weighted by molar-refractivity contribution is 4.80. The lowest BCUT2D eigenvalue weighted by molar-refractivity contribution is -0.784. The molecule has 0 radical (unpaired) electrons. The molecule has 0 aromatic rings. The van der Waals surface area contributed by atoms with Crippen molar-refractivity contribution >= 4 is 0 Å². The Labute approximate surface area is 261 Å². The smallest absolute Gasteiger partial charge is 0.0959 e. The number of nitrogens with zero attached hydrogens (tertiary/aromatic N) is 1. The van der Waals surface area contributed by atoms with Crippen LogP contribution in [0.1, 0.15) is 206 Å². The van der Waals surface area contributed by atoms with Crippen molar-refractivity contribution in [3.8, 4) is 0 Å². The number of halogens is 1. The van der Waals surface area contributed by atoms with Gasteiger partial charge in [-0.25, -0.2) is 0 Å². The molecule has 40 heavy (non-hydrogen) atoms. The molecular formula is C38H76ClN. The highest BCUT2D eigenvalue weighted by atomic mass is 35.5. The third kappa shape index (κ3) is 35.8. The van der Waals surface area contributed by atoms with Gasteiger partial charge in [-0.3, -0.25) is 4.48 Å². The third-order valence-electron chi connectivity index (χ3n) is 8.43. The van der Waals surface area contributed by atoms with Gasteiger partial charge in [-0.2, -0.15) is 0 Å². The maximum Gasteiger partial charge on any atom is 0.0959 e. The van der Waals surface area contributed by atoms with Crippen molar-refractivity contribution in [1.29, 1.82) is 0 Å². The van der Waals surface area contributed by atoms with Crippen LogP contribution in [-0.2, 0) is 0 Å². The van der Waals surface area contributed by atoms with Crippen LogP contribution in [0.2, 0.25) is 0 Å². The maximum atomic E-state index is 2.41. The Kier molecular flexibility index (Phi) is 36.6. The molecule has 0 spiro atoms. The van der Waals surface area contributed by atoms with E-state index < -0.39 is 0 Å². The molecule has 0 fully saturated rings. The molecule has 0 atom stereocenters. The zero-order valence-corrected chi connectivity index (χ0v) is 29.1. The number of unbranched alkanes of at least 4 members (excludes halogenated alkanes) is 28. The van der Waals surface area contributed by atoms with Crippen LogP contribution in [0.15, 0.2) is 24.6 Å². The molecule has 0 aromatic carbocycles. The average molecular weight is 582 g/mol. The van der Waals surface area contributed by atoms with Crippen molar-refractivity contribution in [3.05, 3.63) is 24.6 Å². The van der Waals surface area contributed by atoms with Crippen LogP contribution in [0.5, 0.6) is 0 Å². The minimum atomic E-state index is 0.